The lowest BCUT2D eigenvalue weighted by molar-refractivity contribution is 0.0951. The number of rotatable bonds is 5. The van der Waals surface area contributed by atoms with Gasteiger partial charge in [-0.2, -0.15) is 0 Å². The van der Waals surface area contributed by atoms with Crippen LogP contribution in [0.3, 0.4) is 0 Å². The molecule has 0 radical (unpaired) electrons. The molecule has 1 heterocycles. The monoisotopic (exact) mass is 354 g/mol. The summed E-state index contributed by atoms with van der Waals surface area (Å²) in [6, 6.07) is 9.00. The highest BCUT2D eigenvalue weighted by Crippen LogP contribution is 2.23. The van der Waals surface area contributed by atoms with E-state index in [4.69, 9.17) is 4.74 Å². The number of benzene rings is 1. The molecule has 0 bridgehead atoms. The molecule has 0 fully saturated rings. The number of amides is 1. The van der Waals surface area contributed by atoms with Gasteiger partial charge in [0.05, 0.1) is 7.11 Å². The number of para-hydroxylation sites is 1. The lowest BCUT2D eigenvalue weighted by Crippen LogP contribution is -2.33. The van der Waals surface area contributed by atoms with Crippen LogP contribution in [0.15, 0.2) is 35.1 Å². The summed E-state index contributed by atoms with van der Waals surface area (Å²) in [4.78, 5) is 39.5. The average Bonchev–Trinajstić information content (AvgIpc) is 2.61. The molecule has 1 aliphatic rings. The van der Waals surface area contributed by atoms with E-state index >= 15 is 0 Å². The van der Waals surface area contributed by atoms with Crippen LogP contribution in [0, 0.1) is 5.92 Å². The van der Waals surface area contributed by atoms with Gasteiger partial charge in [-0.05, 0) is 36.5 Å². The molecular formula is C20H22N2O4. The summed E-state index contributed by atoms with van der Waals surface area (Å²) in [6.07, 6.45) is 1.66. The van der Waals surface area contributed by atoms with E-state index in [0.29, 0.717) is 37.1 Å². The second-order valence-corrected chi connectivity index (χ2v) is 6.66. The van der Waals surface area contributed by atoms with Gasteiger partial charge in [-0.1, -0.05) is 25.1 Å². The largest absolute Gasteiger partial charge is 0.496 e. The van der Waals surface area contributed by atoms with Crippen LogP contribution in [0.2, 0.25) is 0 Å². The minimum Gasteiger partial charge on any atom is -0.496 e. The van der Waals surface area contributed by atoms with Crippen molar-refractivity contribution in [2.24, 2.45) is 5.92 Å². The quantitative estimate of drug-likeness (QED) is 0.861. The van der Waals surface area contributed by atoms with Crippen LogP contribution in [0.1, 0.15) is 45.3 Å². The Hall–Kier alpha value is -2.89. The molecule has 0 saturated carbocycles. The standard InChI is InChI=1S/C20H22N2O4/c1-12-9-16-14(17(23)10-12)11-15(20(25)22-16)19(24)21-8-7-13-5-3-4-6-18(13)26-2/h3-6,11-12H,7-10H2,1-2H3,(H,21,24)(H,22,25). The van der Waals surface area contributed by atoms with Crippen molar-refractivity contribution in [3.05, 3.63) is 63.1 Å². The van der Waals surface area contributed by atoms with Crippen molar-refractivity contribution in [2.75, 3.05) is 13.7 Å². The van der Waals surface area contributed by atoms with E-state index < -0.39 is 11.5 Å². The number of methoxy groups -OCH3 is 1. The van der Waals surface area contributed by atoms with E-state index in [1.54, 1.807) is 7.11 Å². The maximum absolute atomic E-state index is 12.4. The average molecular weight is 354 g/mol. The SMILES string of the molecule is COc1ccccc1CCNC(=O)c1cc2c([nH]c1=O)CC(C)CC2=O. The molecule has 26 heavy (non-hydrogen) atoms. The van der Waals surface area contributed by atoms with Crippen LogP contribution in [-0.4, -0.2) is 30.3 Å². The molecular weight excluding hydrogens is 332 g/mol. The van der Waals surface area contributed by atoms with Crippen molar-refractivity contribution in [1.29, 1.82) is 0 Å². The maximum atomic E-state index is 12.4. The lowest BCUT2D eigenvalue weighted by Gasteiger charge is -2.20. The Balaban J connectivity index is 1.71. The number of carbonyl (C=O) groups excluding carboxylic acids is 2. The molecule has 3 rings (SSSR count). The highest BCUT2D eigenvalue weighted by Gasteiger charge is 2.25. The second kappa shape index (κ2) is 7.56. The molecule has 1 aromatic carbocycles. The van der Waals surface area contributed by atoms with Gasteiger partial charge < -0.3 is 15.0 Å². The number of nitrogens with one attached hydrogen (secondary N) is 2. The van der Waals surface area contributed by atoms with E-state index in [-0.39, 0.29) is 17.3 Å². The van der Waals surface area contributed by atoms with Crippen molar-refractivity contribution < 1.29 is 14.3 Å². The zero-order chi connectivity index (χ0) is 18.7. The van der Waals surface area contributed by atoms with Crippen molar-refractivity contribution in [3.8, 4) is 5.75 Å². The molecule has 1 unspecified atom stereocenters. The Morgan fingerprint density at radius 2 is 2.04 bits per heavy atom. The second-order valence-electron chi connectivity index (χ2n) is 6.66. The zero-order valence-corrected chi connectivity index (χ0v) is 14.9. The van der Waals surface area contributed by atoms with E-state index in [9.17, 15) is 14.4 Å². The molecule has 1 aliphatic carbocycles. The number of aromatic amines is 1. The fraction of sp³-hybridized carbons (Fsp3) is 0.350. The van der Waals surface area contributed by atoms with Crippen molar-refractivity contribution in [1.82, 2.24) is 10.3 Å². The summed E-state index contributed by atoms with van der Waals surface area (Å²) in [5.74, 6) is 0.452. The molecule has 1 aromatic heterocycles. The number of carbonyl (C=O) groups is 2. The van der Waals surface area contributed by atoms with Crippen molar-refractivity contribution in [2.45, 2.75) is 26.2 Å². The fourth-order valence-electron chi connectivity index (χ4n) is 3.31. The van der Waals surface area contributed by atoms with Crippen molar-refractivity contribution >= 4 is 11.7 Å². The first-order chi connectivity index (χ1) is 12.5. The number of aromatic nitrogens is 1. The van der Waals surface area contributed by atoms with Gasteiger partial charge in [0.25, 0.3) is 11.5 Å². The smallest absolute Gasteiger partial charge is 0.261 e. The van der Waals surface area contributed by atoms with Crippen LogP contribution in [0.5, 0.6) is 5.75 Å². The molecule has 6 nitrogen and oxygen atoms in total. The molecule has 1 atom stereocenters. The Bertz CT molecular complexity index is 901. The number of fused-ring (bicyclic) bond motifs is 1. The zero-order valence-electron chi connectivity index (χ0n) is 14.9. The first-order valence-corrected chi connectivity index (χ1v) is 8.69. The van der Waals surface area contributed by atoms with Crippen molar-refractivity contribution in [3.63, 3.8) is 0 Å². The number of ketones is 1. The number of ether oxygens (including phenoxy) is 1. The van der Waals surface area contributed by atoms with Crippen LogP contribution < -0.4 is 15.6 Å². The molecule has 0 spiro atoms. The van der Waals surface area contributed by atoms with Gasteiger partial charge in [0.1, 0.15) is 11.3 Å². The normalized spacial score (nSPS) is 16.1. The minimum atomic E-state index is -0.477. The number of H-pyrrole nitrogens is 1. The summed E-state index contributed by atoms with van der Waals surface area (Å²) >= 11 is 0. The van der Waals surface area contributed by atoms with Gasteiger partial charge >= 0.3 is 0 Å². The van der Waals surface area contributed by atoms with Gasteiger partial charge in [-0.3, -0.25) is 14.4 Å². The molecule has 136 valence electrons. The number of hydrogen-bond donors (Lipinski definition) is 2. The molecule has 6 heteroatoms. The molecule has 1 amide bonds. The summed E-state index contributed by atoms with van der Waals surface area (Å²) in [5.41, 5.74) is 1.58. The first-order valence-electron chi connectivity index (χ1n) is 8.69. The topological polar surface area (TPSA) is 88.3 Å². The number of Topliss-reactive ketones (excluding diaryl/α,β-unsaturated/α-hetero) is 1. The molecule has 2 aromatic rings. The molecule has 2 N–H and O–H groups in total. The third-order valence-corrected chi connectivity index (χ3v) is 4.63. The predicted molar refractivity (Wildman–Crippen MR) is 97.9 cm³/mol. The minimum absolute atomic E-state index is 0.0216. The van der Waals surface area contributed by atoms with E-state index in [2.05, 4.69) is 10.3 Å². The van der Waals surface area contributed by atoms with E-state index in [1.165, 1.54) is 6.07 Å². The van der Waals surface area contributed by atoms with Crippen LogP contribution >= 0.6 is 0 Å². The van der Waals surface area contributed by atoms with Crippen LogP contribution in [0.25, 0.3) is 0 Å². The summed E-state index contributed by atoms with van der Waals surface area (Å²) in [5, 5.41) is 2.74. The maximum Gasteiger partial charge on any atom is 0.261 e. The highest BCUT2D eigenvalue weighted by atomic mass is 16.5. The van der Waals surface area contributed by atoms with E-state index in [0.717, 1.165) is 11.3 Å². The number of pyridine rings is 1. The highest BCUT2D eigenvalue weighted by molar-refractivity contribution is 6.01. The summed E-state index contributed by atoms with van der Waals surface area (Å²) in [7, 11) is 1.60. The molecule has 0 saturated heterocycles. The predicted octanol–water partition coefficient (Wildman–Crippen LogP) is 2.12. The Labute approximate surface area is 151 Å². The van der Waals surface area contributed by atoms with Gasteiger partial charge in [0, 0.05) is 24.2 Å². The summed E-state index contributed by atoms with van der Waals surface area (Å²) < 4.78 is 5.28. The Kier molecular flexibility index (Phi) is 5.21. The fourth-order valence-corrected chi connectivity index (χ4v) is 3.31. The Morgan fingerprint density at radius 3 is 2.81 bits per heavy atom. The Morgan fingerprint density at radius 1 is 1.27 bits per heavy atom. The van der Waals surface area contributed by atoms with Crippen LogP contribution in [0.4, 0.5) is 0 Å². The van der Waals surface area contributed by atoms with Gasteiger partial charge in [-0.25, -0.2) is 0 Å². The van der Waals surface area contributed by atoms with Crippen LogP contribution in [-0.2, 0) is 12.8 Å². The third-order valence-electron chi connectivity index (χ3n) is 4.63. The number of hydrogen-bond acceptors (Lipinski definition) is 4. The lowest BCUT2D eigenvalue weighted by atomic mass is 9.86. The van der Waals surface area contributed by atoms with Gasteiger partial charge in [0.2, 0.25) is 0 Å². The molecule has 0 aliphatic heterocycles. The first kappa shape index (κ1) is 17.9. The van der Waals surface area contributed by atoms with E-state index in [1.807, 2.05) is 31.2 Å². The summed E-state index contributed by atoms with van der Waals surface area (Å²) in [6.45, 7) is 2.33. The van der Waals surface area contributed by atoms with Gasteiger partial charge in [-0.15, -0.1) is 0 Å². The van der Waals surface area contributed by atoms with Gasteiger partial charge in [0.15, 0.2) is 5.78 Å². The third kappa shape index (κ3) is 3.69.